The van der Waals surface area contributed by atoms with Crippen LogP contribution in [0.25, 0.3) is 22.5 Å². The van der Waals surface area contributed by atoms with Crippen molar-refractivity contribution in [1.29, 1.82) is 5.26 Å². The number of hydrogen-bond acceptors (Lipinski definition) is 25. The molecule has 4 bridgehead atoms. The highest BCUT2D eigenvalue weighted by Crippen LogP contribution is 2.41. The molecule has 4 heterocycles. The Kier molecular flexibility index (Phi) is 40.4. The summed E-state index contributed by atoms with van der Waals surface area (Å²) in [5.41, 5.74) is 29.8. The molecule has 3 aromatic heterocycles. The van der Waals surface area contributed by atoms with Gasteiger partial charge >= 0.3 is 11.9 Å². The summed E-state index contributed by atoms with van der Waals surface area (Å²) in [6, 6.07) is 18.3. The Balaban J connectivity index is 0.000000591. The fourth-order valence-electron chi connectivity index (χ4n) is 10.2. The predicted molar refractivity (Wildman–Crippen MR) is 412 cm³/mol. The first kappa shape index (κ1) is 90.1. The van der Waals surface area contributed by atoms with Crippen molar-refractivity contribution in [3.05, 3.63) is 139 Å². The summed E-state index contributed by atoms with van der Waals surface area (Å²) in [7, 11) is 1.52. The molecule has 9 N–H and O–H groups in total. The van der Waals surface area contributed by atoms with Crippen LogP contribution in [0.2, 0.25) is 0 Å². The van der Waals surface area contributed by atoms with E-state index in [1.807, 2.05) is 36.4 Å². The van der Waals surface area contributed by atoms with Crippen molar-refractivity contribution in [3.63, 3.8) is 0 Å². The topological polar surface area (TPSA) is 416 Å². The molecule has 1 aliphatic rings. The van der Waals surface area contributed by atoms with Gasteiger partial charge < -0.3 is 56.9 Å². The van der Waals surface area contributed by atoms with E-state index in [2.05, 4.69) is 144 Å². The van der Waals surface area contributed by atoms with E-state index in [4.69, 9.17) is 41.9 Å². The molecule has 0 saturated carbocycles. The zero-order chi connectivity index (χ0) is 77.8. The molecule has 0 fully saturated rings. The molecule has 104 heavy (non-hydrogen) atoms. The van der Waals surface area contributed by atoms with Crippen molar-refractivity contribution < 1.29 is 57.3 Å². The normalized spacial score (nSPS) is 14.2. The number of carbonyl (C=O) groups excluding carboxylic acids is 7. The number of hydrogen-bond donors (Lipinski definition) is 5. The summed E-state index contributed by atoms with van der Waals surface area (Å²) >= 11 is 12.4. The smallest absolute Gasteiger partial charge is 0.341 e. The van der Waals surface area contributed by atoms with E-state index in [-0.39, 0.29) is 108 Å². The summed E-state index contributed by atoms with van der Waals surface area (Å²) in [4.78, 5) is 133. The molecular formula is C73H96Br4N14O13. The van der Waals surface area contributed by atoms with E-state index >= 15 is 0 Å². The third-order valence-electron chi connectivity index (χ3n) is 15.6. The van der Waals surface area contributed by atoms with E-state index in [9.17, 15) is 43.7 Å². The van der Waals surface area contributed by atoms with Gasteiger partial charge in [-0.25, -0.2) is 39.5 Å². The van der Waals surface area contributed by atoms with Gasteiger partial charge in [-0.15, -0.1) is 4.91 Å². The van der Waals surface area contributed by atoms with Crippen LogP contribution in [0.1, 0.15) is 171 Å². The lowest BCUT2D eigenvalue weighted by atomic mass is 9.86. The van der Waals surface area contributed by atoms with E-state index in [0.29, 0.717) is 105 Å². The maximum atomic E-state index is 14.9. The highest BCUT2D eigenvalue weighted by Gasteiger charge is 2.37. The number of fused-ring (bicyclic) bond motifs is 5. The lowest BCUT2D eigenvalue weighted by molar-refractivity contribution is -0.142. The zero-order valence-electron chi connectivity index (χ0n) is 60.9. The molecule has 4 atom stereocenters. The Morgan fingerprint density at radius 3 is 1.83 bits per heavy atom. The minimum absolute atomic E-state index is 0.0260. The number of nitrogens with zero attached hydrogens (tertiary/aromatic N) is 9. The lowest BCUT2D eigenvalue weighted by Crippen LogP contribution is -2.45. The number of benzene rings is 3. The minimum atomic E-state index is -1.23. The molecular weight excluding hydrogens is 1600 g/mol. The van der Waals surface area contributed by atoms with Gasteiger partial charge in [-0.05, 0) is 135 Å². The number of ketones is 3. The number of rotatable bonds is 26. The fraction of sp³-hybridized carbons (Fsp3) is 0.479. The van der Waals surface area contributed by atoms with Crippen LogP contribution in [0, 0.1) is 54.8 Å². The fourth-order valence-corrected chi connectivity index (χ4v) is 10.6. The van der Waals surface area contributed by atoms with Gasteiger partial charge in [0, 0.05) is 92.9 Å². The van der Waals surface area contributed by atoms with Gasteiger partial charge in [0.05, 0.1) is 59.1 Å². The second-order valence-corrected chi connectivity index (χ2v) is 32.2. The Hall–Kier alpha value is -8.12. The Bertz CT molecular complexity index is 3790. The number of halogens is 4. The number of anilines is 1. The molecule has 6 aromatic rings. The first-order valence-electron chi connectivity index (χ1n) is 33.7. The lowest BCUT2D eigenvalue weighted by Gasteiger charge is -2.32. The third-order valence-corrected chi connectivity index (χ3v) is 16.0. The van der Waals surface area contributed by atoms with Gasteiger partial charge in [0.2, 0.25) is 17.8 Å². The number of aromatic nitrogens is 6. The van der Waals surface area contributed by atoms with Crippen LogP contribution in [-0.4, -0.2) is 144 Å². The van der Waals surface area contributed by atoms with Crippen LogP contribution in [-0.2, 0) is 45.3 Å². The van der Waals surface area contributed by atoms with Gasteiger partial charge in [0.1, 0.15) is 40.0 Å². The molecule has 0 saturated heterocycles. The van der Waals surface area contributed by atoms with Crippen molar-refractivity contribution in [1.82, 2.24) is 40.1 Å². The van der Waals surface area contributed by atoms with E-state index in [1.165, 1.54) is 30.5 Å². The maximum Gasteiger partial charge on any atom is 0.341 e. The molecule has 0 spiro atoms. The Morgan fingerprint density at radius 2 is 1.31 bits per heavy atom. The summed E-state index contributed by atoms with van der Waals surface area (Å²) in [5, 5.41) is 14.4. The average Bonchev–Trinajstić information content (AvgIpc) is 0.781. The summed E-state index contributed by atoms with van der Waals surface area (Å²) in [5.74, 6) is -2.64. The standard InChI is InChI=1S/C51H64N8O7.C8H9BrN2O2.C8H11N3O2.C5H11NO2.CHBr3/c1-31-25-44(62)47(59(6)50(64)36(9-7-19-52)29-43(61)40-30-56-48(57-32(40)2)34-12-15-37(16-13-34)51(3,4)5)35-14-18-46(66-24-22-55)39(28-35)38-26-33(11-17-45(38)65-23-21-54)27-41(58-49(31)63)42(60)10-8-20-53;2*1-3-13-7(12)6-4-10-8(9)11-5(6)2;1-5(2)3-4-8-6-7;2-1(3)4/h11-18,26,28,30-31,36,41,47H,7-10,19,21-25,27,29,52,54-55H2,1-6H3,(H,58,63);4H,3H2,1-2H3;4H,3H2,1-2H3,(H2,9,10,11);5H,3-4H2,1-2H3;1H/t31-,36-,41+,47+;;;;/m1..../s1. The molecule has 0 radical (unpaired) electrons. The summed E-state index contributed by atoms with van der Waals surface area (Å²) in [6.45, 7) is 23.0. The number of esters is 2. The van der Waals surface area contributed by atoms with Gasteiger partial charge in [-0.2, -0.15) is 5.26 Å². The number of ether oxygens (including phenoxy) is 4. The molecule has 0 unspecified atom stereocenters. The Morgan fingerprint density at radius 1 is 0.750 bits per heavy atom. The SMILES string of the molecule is BrC(Br)Br.CC(C)CCON=O.CCOC(=O)c1cnc(Br)nc1C.CCOC(=O)c1cnc(N)nc1C.Cc1nc(-c2ccc(C(C)(C)C)cc2)ncc1C(=O)C[C@@H](CCCN)C(=O)N(C)[C@@H]1C(=O)C[C@@H](C)C(=O)N[C@H](C(=O)CCC#N)Cc2ccc(OCCN)c(c2)-c2cc1ccc2OCCN. The molecule has 1 aliphatic heterocycles. The van der Waals surface area contributed by atoms with Crippen LogP contribution in [0.5, 0.6) is 11.5 Å². The van der Waals surface area contributed by atoms with Crippen LogP contribution in [0.4, 0.5) is 5.95 Å². The number of aryl methyl sites for hydroxylation is 3. The van der Waals surface area contributed by atoms with Crippen LogP contribution in [0.15, 0.2) is 89.3 Å². The first-order valence-corrected chi connectivity index (χ1v) is 37.2. The molecule has 2 amide bonds. The quantitative estimate of drug-likeness (QED) is 0.00640. The van der Waals surface area contributed by atoms with Crippen molar-refractivity contribution in [2.45, 2.75) is 148 Å². The molecule has 0 aliphatic carbocycles. The van der Waals surface area contributed by atoms with Gasteiger partial charge in [-0.3, -0.25) is 24.0 Å². The maximum absolute atomic E-state index is 14.9. The van der Waals surface area contributed by atoms with E-state index in [1.54, 1.807) is 71.9 Å². The van der Waals surface area contributed by atoms with E-state index < -0.39 is 47.5 Å². The molecule has 3 aromatic carbocycles. The summed E-state index contributed by atoms with van der Waals surface area (Å²) in [6.07, 6.45) is 5.41. The number of likely N-dealkylation sites (N-methyl/N-ethyl adjacent to an activating group) is 1. The summed E-state index contributed by atoms with van der Waals surface area (Å²) < 4.78 is 22.6. The molecule has 564 valence electrons. The monoisotopic (exact) mass is 1690 g/mol. The number of nitrogens with one attached hydrogen (secondary N) is 1. The number of alkyl halides is 3. The van der Waals surface area contributed by atoms with Gasteiger partial charge in [-0.1, -0.05) is 126 Å². The number of carbonyl (C=O) groups is 7. The van der Waals surface area contributed by atoms with E-state index in [0.717, 1.165) is 17.5 Å². The largest absolute Gasteiger partial charge is 0.492 e. The van der Waals surface area contributed by atoms with Gasteiger partial charge in [0.15, 0.2) is 33.2 Å². The van der Waals surface area contributed by atoms with Crippen molar-refractivity contribution >= 4 is 111 Å². The van der Waals surface area contributed by atoms with Gasteiger partial charge in [0.25, 0.3) is 0 Å². The average molecular weight is 1700 g/mol. The second kappa shape index (κ2) is 46.7. The number of nitrogens with two attached hydrogens (primary N) is 4. The number of nitriles is 1. The minimum Gasteiger partial charge on any atom is -0.492 e. The zero-order valence-corrected chi connectivity index (χ0v) is 67.3. The first-order chi connectivity index (χ1) is 49.3. The Labute approximate surface area is 642 Å². The van der Waals surface area contributed by atoms with Crippen molar-refractivity contribution in [3.8, 4) is 40.1 Å². The highest BCUT2D eigenvalue weighted by atomic mass is 80.0. The second-order valence-electron chi connectivity index (χ2n) is 25.1. The number of nitrogen functional groups attached to an aromatic ring is 1. The molecule has 31 heteroatoms. The molecule has 7 rings (SSSR count). The van der Waals surface area contributed by atoms with Crippen LogP contribution < -0.4 is 37.7 Å². The van der Waals surface area contributed by atoms with Crippen molar-refractivity contribution in [2.24, 2.45) is 40.3 Å². The number of amides is 2. The van der Waals surface area contributed by atoms with Crippen LogP contribution in [0.3, 0.4) is 0 Å². The van der Waals surface area contributed by atoms with Crippen molar-refractivity contribution in [2.75, 3.05) is 65.5 Å². The highest BCUT2D eigenvalue weighted by molar-refractivity contribution is 9.38. The van der Waals surface area contributed by atoms with Crippen LogP contribution >= 0.6 is 63.7 Å². The predicted octanol–water partition coefficient (Wildman–Crippen LogP) is 12.2. The number of Topliss-reactive ketones (excluding diaryl/α,β-unsaturated/α-hetero) is 3. The molecule has 27 nitrogen and oxygen atoms in total. The third kappa shape index (κ3) is 30.2.